The molecule has 0 amide bonds. The lowest BCUT2D eigenvalue weighted by molar-refractivity contribution is 0.525. The smallest absolute Gasteiger partial charge is 0.129 e. The molecule has 0 aliphatic heterocycles. The van der Waals surface area contributed by atoms with Crippen molar-refractivity contribution in [2.45, 2.75) is 20.2 Å². The number of hydrogen-bond donors (Lipinski definition) is 0. The fraction of sp³-hybridized carbons (Fsp3) is 0.400. The zero-order valence-corrected chi connectivity index (χ0v) is 7.07. The highest BCUT2D eigenvalue weighted by Gasteiger charge is 2.08. The molecule has 0 saturated carbocycles. The maximum atomic E-state index is 13.2. The Morgan fingerprint density at radius 3 is 2.25 bits per heavy atom. The third-order valence-corrected chi connectivity index (χ3v) is 1.40. The zero-order chi connectivity index (χ0) is 10.9. The largest absolute Gasteiger partial charge is 0.207 e. The van der Waals surface area contributed by atoms with Crippen molar-refractivity contribution in [3.05, 3.63) is 35.4 Å². The fourth-order valence-corrected chi connectivity index (χ4v) is 0.924. The van der Waals surface area contributed by atoms with E-state index in [-0.39, 0.29) is 0 Å². The number of halogens is 2. The van der Waals surface area contributed by atoms with Crippen LogP contribution in [0.1, 0.15) is 22.2 Å². The molecule has 1 aromatic rings. The van der Waals surface area contributed by atoms with Crippen molar-refractivity contribution in [3.63, 3.8) is 0 Å². The average molecular weight is 172 g/mol. The van der Waals surface area contributed by atoms with E-state index in [1.807, 2.05) is 0 Å². The van der Waals surface area contributed by atoms with E-state index in [2.05, 4.69) is 0 Å². The fourth-order valence-electron chi connectivity index (χ4n) is 0.924. The molecule has 0 heterocycles. The van der Waals surface area contributed by atoms with Gasteiger partial charge >= 0.3 is 0 Å². The lowest BCUT2D eigenvalue weighted by Crippen LogP contribution is -2.00. The molecule has 0 aliphatic rings. The lowest BCUT2D eigenvalue weighted by Gasteiger charge is -2.06. The molecule has 0 spiro atoms. The summed E-state index contributed by atoms with van der Waals surface area (Å²) in [6, 6.07) is 3.36. The normalized spacial score (nSPS) is 14.4. The Balaban J connectivity index is 3.31. The molecule has 0 saturated heterocycles. The van der Waals surface area contributed by atoms with Gasteiger partial charge in [-0.25, -0.2) is 8.78 Å². The zero-order valence-electron chi connectivity index (χ0n) is 9.07. The lowest BCUT2D eigenvalue weighted by atomic mass is 10.0. The molecule has 12 heavy (non-hydrogen) atoms. The molecule has 1 aromatic carbocycles. The summed E-state index contributed by atoms with van der Waals surface area (Å²) < 4.78 is 41.6. The summed E-state index contributed by atoms with van der Waals surface area (Å²) in [7, 11) is 0. The first kappa shape index (κ1) is 6.58. The van der Waals surface area contributed by atoms with Crippen molar-refractivity contribution in [2.75, 3.05) is 0 Å². The van der Waals surface area contributed by atoms with Gasteiger partial charge in [-0.3, -0.25) is 0 Å². The molecule has 0 bridgehead atoms. The van der Waals surface area contributed by atoms with Gasteiger partial charge in [0.1, 0.15) is 11.6 Å². The second-order valence-electron chi connectivity index (χ2n) is 2.90. The van der Waals surface area contributed by atoms with E-state index in [0.29, 0.717) is 0 Å². The van der Waals surface area contributed by atoms with Crippen LogP contribution < -0.4 is 0 Å². The molecule has 0 aliphatic carbocycles. The van der Waals surface area contributed by atoms with Crippen LogP contribution in [0.2, 0.25) is 0 Å². The third kappa shape index (κ3) is 2.03. The summed E-state index contributed by atoms with van der Waals surface area (Å²) in [6.07, 6.45) is -1.98. The molecule has 1 rings (SSSR count). The molecule has 0 nitrogen and oxygen atoms in total. The van der Waals surface area contributed by atoms with Crippen LogP contribution in [0.3, 0.4) is 0 Å². The topological polar surface area (TPSA) is 0 Å². The molecule has 0 radical (unpaired) electrons. The minimum atomic E-state index is -1.98. The van der Waals surface area contributed by atoms with Gasteiger partial charge in [0, 0.05) is 8.30 Å². The predicted molar refractivity (Wildman–Crippen MR) is 44.9 cm³/mol. The van der Waals surface area contributed by atoms with Gasteiger partial charge in [-0.15, -0.1) is 0 Å². The molecular formula is C10H12F2. The Labute approximate surface area is 74.0 Å². The number of hydrogen-bond acceptors (Lipinski definition) is 0. The van der Waals surface area contributed by atoms with Crippen LogP contribution in [-0.2, 0) is 6.37 Å². The van der Waals surface area contributed by atoms with E-state index in [0.717, 1.165) is 12.1 Å². The van der Waals surface area contributed by atoms with E-state index in [1.54, 1.807) is 13.8 Å². The van der Waals surface area contributed by atoms with Crippen molar-refractivity contribution in [3.8, 4) is 0 Å². The van der Waals surface area contributed by atoms with Crippen LogP contribution in [0, 0.1) is 17.6 Å². The van der Waals surface area contributed by atoms with Crippen LogP contribution >= 0.6 is 0 Å². The van der Waals surface area contributed by atoms with Crippen molar-refractivity contribution < 1.29 is 11.5 Å². The van der Waals surface area contributed by atoms with Gasteiger partial charge in [0.25, 0.3) is 0 Å². The first-order valence-corrected chi connectivity index (χ1v) is 3.82. The van der Waals surface area contributed by atoms with E-state index in [4.69, 9.17) is 2.74 Å². The summed E-state index contributed by atoms with van der Waals surface area (Å²) in [6.45, 7) is 3.18. The van der Waals surface area contributed by atoms with Crippen molar-refractivity contribution in [1.29, 1.82) is 0 Å². The quantitative estimate of drug-likeness (QED) is 0.642. The number of benzene rings is 1. The minimum Gasteiger partial charge on any atom is -0.207 e. The van der Waals surface area contributed by atoms with Gasteiger partial charge < -0.3 is 0 Å². The van der Waals surface area contributed by atoms with Gasteiger partial charge in [-0.2, -0.15) is 0 Å². The van der Waals surface area contributed by atoms with Gasteiger partial charge in [0.05, 0.1) is 0 Å². The van der Waals surface area contributed by atoms with E-state index < -0.39 is 29.5 Å². The average Bonchev–Trinajstić information content (AvgIpc) is 2.02. The van der Waals surface area contributed by atoms with Crippen molar-refractivity contribution in [1.82, 2.24) is 0 Å². The van der Waals surface area contributed by atoms with Gasteiger partial charge in [0.15, 0.2) is 0 Å². The second kappa shape index (κ2) is 3.65. The maximum absolute atomic E-state index is 13.2. The van der Waals surface area contributed by atoms with Gasteiger partial charge in [-0.05, 0) is 24.4 Å². The summed E-state index contributed by atoms with van der Waals surface area (Å²) in [5, 5.41) is 0. The minimum absolute atomic E-state index is 0.477. The summed E-state index contributed by atoms with van der Waals surface area (Å²) in [5.41, 5.74) is -0.477. The Hall–Kier alpha value is -0.920. The molecule has 0 unspecified atom stereocenters. The molecule has 0 fully saturated rings. The van der Waals surface area contributed by atoms with Crippen LogP contribution in [0.4, 0.5) is 8.78 Å². The SMILES string of the molecule is [2H]C([2H])(c1c(F)cccc1F)C(C)C. The second-order valence-corrected chi connectivity index (χ2v) is 2.90. The van der Waals surface area contributed by atoms with Crippen LogP contribution in [-0.4, -0.2) is 0 Å². The highest BCUT2D eigenvalue weighted by molar-refractivity contribution is 5.19. The van der Waals surface area contributed by atoms with Gasteiger partial charge in [0.2, 0.25) is 0 Å². The third-order valence-electron chi connectivity index (χ3n) is 1.40. The molecule has 0 aromatic heterocycles. The molecule has 0 atom stereocenters. The van der Waals surface area contributed by atoms with E-state index in [1.165, 1.54) is 6.07 Å². The highest BCUT2D eigenvalue weighted by Crippen LogP contribution is 2.15. The van der Waals surface area contributed by atoms with Gasteiger partial charge in [-0.1, -0.05) is 19.9 Å². The predicted octanol–water partition coefficient (Wildman–Crippen LogP) is 3.16. The summed E-state index contributed by atoms with van der Waals surface area (Å²) >= 11 is 0. The summed E-state index contributed by atoms with van der Waals surface area (Å²) in [4.78, 5) is 0. The van der Waals surface area contributed by atoms with Crippen LogP contribution in [0.5, 0.6) is 0 Å². The standard InChI is InChI=1S/C10H12F2/c1-7(2)6-8-9(11)4-3-5-10(8)12/h3-5,7H,6H2,1-2H3/i6D2. The Morgan fingerprint density at radius 2 is 1.83 bits per heavy atom. The Kier molecular flexibility index (Phi) is 2.00. The monoisotopic (exact) mass is 172 g/mol. The Bertz CT molecular complexity index is 315. The first-order valence-electron chi connectivity index (χ1n) is 4.82. The molecule has 2 heteroatoms. The van der Waals surface area contributed by atoms with E-state index >= 15 is 0 Å². The first-order chi connectivity index (χ1) is 6.37. The van der Waals surface area contributed by atoms with Crippen LogP contribution in [0.15, 0.2) is 18.2 Å². The maximum Gasteiger partial charge on any atom is 0.129 e. The Morgan fingerprint density at radius 1 is 1.33 bits per heavy atom. The molecule has 66 valence electrons. The molecule has 0 N–H and O–H groups in total. The number of rotatable bonds is 2. The van der Waals surface area contributed by atoms with Crippen molar-refractivity contribution >= 4 is 0 Å². The van der Waals surface area contributed by atoms with Crippen molar-refractivity contribution in [2.24, 2.45) is 5.92 Å². The van der Waals surface area contributed by atoms with Crippen LogP contribution in [0.25, 0.3) is 0 Å². The highest BCUT2D eigenvalue weighted by atomic mass is 19.1. The summed E-state index contributed by atoms with van der Waals surface area (Å²) in [5.74, 6) is -2.14. The van der Waals surface area contributed by atoms with E-state index in [9.17, 15) is 8.78 Å². The molecular weight excluding hydrogens is 158 g/mol.